The van der Waals surface area contributed by atoms with Crippen LogP contribution in [0.15, 0.2) is 18.3 Å². The molecule has 2 heterocycles. The minimum atomic E-state index is 0.593. The molecule has 4 heteroatoms. The second-order valence-corrected chi connectivity index (χ2v) is 5.73. The molecule has 20 heavy (non-hydrogen) atoms. The first-order chi connectivity index (χ1) is 9.65. The zero-order chi connectivity index (χ0) is 14.5. The third-order valence-corrected chi connectivity index (χ3v) is 4.56. The summed E-state index contributed by atoms with van der Waals surface area (Å²) in [6, 6.07) is 5.30. The largest absolute Gasteiger partial charge is 0.481 e. The molecule has 1 fully saturated rings. The molecule has 0 spiro atoms. The van der Waals surface area contributed by atoms with Crippen molar-refractivity contribution in [2.45, 2.75) is 45.8 Å². The second kappa shape index (κ2) is 7.04. The van der Waals surface area contributed by atoms with Crippen LogP contribution in [0.5, 0.6) is 5.88 Å². The Kier molecular flexibility index (Phi) is 5.38. The highest BCUT2D eigenvalue weighted by Gasteiger charge is 2.31. The second-order valence-electron chi connectivity index (χ2n) is 5.73. The van der Waals surface area contributed by atoms with Crippen molar-refractivity contribution in [3.05, 3.63) is 23.9 Å². The first-order valence-electron chi connectivity index (χ1n) is 7.62. The number of nitrogens with zero attached hydrogens (tertiary/aromatic N) is 2. The molecule has 1 N–H and O–H groups in total. The van der Waals surface area contributed by atoms with Crippen LogP contribution in [0.4, 0.5) is 0 Å². The van der Waals surface area contributed by atoms with Crippen LogP contribution in [0.3, 0.4) is 0 Å². The fourth-order valence-electron chi connectivity index (χ4n) is 3.07. The molecular formula is C16H27N3O. The average Bonchev–Trinajstić information content (AvgIpc) is 2.48. The van der Waals surface area contributed by atoms with Crippen molar-refractivity contribution in [2.24, 2.45) is 5.92 Å². The van der Waals surface area contributed by atoms with Crippen LogP contribution in [0.1, 0.15) is 32.8 Å². The van der Waals surface area contributed by atoms with E-state index in [0.717, 1.165) is 19.6 Å². The van der Waals surface area contributed by atoms with Crippen molar-refractivity contribution in [2.75, 3.05) is 20.2 Å². The van der Waals surface area contributed by atoms with Crippen molar-refractivity contribution in [3.8, 4) is 5.88 Å². The molecule has 0 aromatic carbocycles. The lowest BCUT2D eigenvalue weighted by atomic mass is 9.86. The summed E-state index contributed by atoms with van der Waals surface area (Å²) < 4.78 is 5.11. The molecule has 1 aromatic heterocycles. The van der Waals surface area contributed by atoms with E-state index >= 15 is 0 Å². The molecule has 3 atom stereocenters. The van der Waals surface area contributed by atoms with E-state index in [1.807, 2.05) is 12.3 Å². The summed E-state index contributed by atoms with van der Waals surface area (Å²) in [4.78, 5) is 6.85. The van der Waals surface area contributed by atoms with E-state index in [1.54, 1.807) is 7.11 Å². The Balaban J connectivity index is 1.96. The van der Waals surface area contributed by atoms with Gasteiger partial charge in [0.1, 0.15) is 0 Å². The summed E-state index contributed by atoms with van der Waals surface area (Å²) in [6.07, 6.45) is 3.15. The highest BCUT2D eigenvalue weighted by atomic mass is 16.5. The number of likely N-dealkylation sites (tertiary alicyclic amines) is 1. The van der Waals surface area contributed by atoms with Gasteiger partial charge in [-0.2, -0.15) is 0 Å². The van der Waals surface area contributed by atoms with E-state index in [9.17, 15) is 0 Å². The molecule has 0 bridgehead atoms. The Morgan fingerprint density at radius 3 is 2.80 bits per heavy atom. The molecular weight excluding hydrogens is 250 g/mol. The molecule has 4 nitrogen and oxygen atoms in total. The molecule has 1 aliphatic rings. The van der Waals surface area contributed by atoms with Gasteiger partial charge in [0.25, 0.3) is 0 Å². The minimum Gasteiger partial charge on any atom is -0.481 e. The normalized spacial score (nSPS) is 27.5. The summed E-state index contributed by atoms with van der Waals surface area (Å²) in [5, 5.41) is 3.61. The Bertz CT molecular complexity index is 407. The predicted octanol–water partition coefficient (Wildman–Crippen LogP) is 2.30. The lowest BCUT2D eigenvalue weighted by Crippen LogP contribution is -2.52. The molecule has 1 aliphatic heterocycles. The molecule has 1 aromatic rings. The maximum Gasteiger partial charge on any atom is 0.212 e. The fraction of sp³-hybridized carbons (Fsp3) is 0.688. The number of piperidine rings is 1. The summed E-state index contributed by atoms with van der Waals surface area (Å²) in [5.74, 6) is 1.36. The third kappa shape index (κ3) is 3.49. The molecule has 112 valence electrons. The first-order valence-corrected chi connectivity index (χ1v) is 7.62. The van der Waals surface area contributed by atoms with Crippen LogP contribution in [-0.4, -0.2) is 42.2 Å². The number of hydrogen-bond donors (Lipinski definition) is 1. The maximum atomic E-state index is 5.11. The van der Waals surface area contributed by atoms with Gasteiger partial charge in [0.2, 0.25) is 5.88 Å². The Morgan fingerprint density at radius 2 is 2.20 bits per heavy atom. The van der Waals surface area contributed by atoms with Gasteiger partial charge in [-0.1, -0.05) is 19.9 Å². The van der Waals surface area contributed by atoms with Gasteiger partial charge in [0, 0.05) is 37.4 Å². The van der Waals surface area contributed by atoms with Gasteiger partial charge in [-0.05, 0) is 31.4 Å². The zero-order valence-corrected chi connectivity index (χ0v) is 13.1. The number of aromatic nitrogens is 1. The minimum absolute atomic E-state index is 0.593. The predicted molar refractivity (Wildman–Crippen MR) is 81.9 cm³/mol. The SMILES string of the molecule is CCNC1CCN(Cc2ccc(OC)nc2)C(C)C1C. The molecule has 0 saturated carbocycles. The van der Waals surface area contributed by atoms with Crippen LogP contribution >= 0.6 is 0 Å². The van der Waals surface area contributed by atoms with Crippen molar-refractivity contribution < 1.29 is 4.74 Å². The van der Waals surface area contributed by atoms with Crippen LogP contribution in [0, 0.1) is 5.92 Å². The van der Waals surface area contributed by atoms with E-state index in [2.05, 4.69) is 42.0 Å². The van der Waals surface area contributed by atoms with Crippen molar-refractivity contribution in [1.29, 1.82) is 0 Å². The molecule has 0 radical (unpaired) electrons. The Labute approximate surface area is 122 Å². The number of hydrogen-bond acceptors (Lipinski definition) is 4. The van der Waals surface area contributed by atoms with Crippen molar-refractivity contribution in [3.63, 3.8) is 0 Å². The third-order valence-electron chi connectivity index (χ3n) is 4.56. The summed E-state index contributed by atoms with van der Waals surface area (Å²) >= 11 is 0. The lowest BCUT2D eigenvalue weighted by Gasteiger charge is -2.43. The molecule has 2 rings (SSSR count). The van der Waals surface area contributed by atoms with Gasteiger partial charge in [0.05, 0.1) is 7.11 Å². The number of methoxy groups -OCH3 is 1. The van der Waals surface area contributed by atoms with E-state index in [4.69, 9.17) is 4.74 Å². The van der Waals surface area contributed by atoms with Crippen LogP contribution in [0.25, 0.3) is 0 Å². The molecule has 0 amide bonds. The van der Waals surface area contributed by atoms with E-state index in [-0.39, 0.29) is 0 Å². The summed E-state index contributed by atoms with van der Waals surface area (Å²) in [7, 11) is 1.65. The van der Waals surface area contributed by atoms with Crippen LogP contribution < -0.4 is 10.1 Å². The van der Waals surface area contributed by atoms with E-state index in [0.29, 0.717) is 23.9 Å². The van der Waals surface area contributed by atoms with Gasteiger partial charge < -0.3 is 10.1 Å². The smallest absolute Gasteiger partial charge is 0.212 e. The number of pyridine rings is 1. The van der Waals surface area contributed by atoms with Gasteiger partial charge in [-0.3, -0.25) is 4.90 Å². The average molecular weight is 277 g/mol. The highest BCUT2D eigenvalue weighted by Crippen LogP contribution is 2.25. The number of rotatable bonds is 5. The van der Waals surface area contributed by atoms with Gasteiger partial charge in [-0.15, -0.1) is 0 Å². The Morgan fingerprint density at radius 1 is 1.40 bits per heavy atom. The summed E-state index contributed by atoms with van der Waals surface area (Å²) in [6.45, 7) is 10.1. The van der Waals surface area contributed by atoms with Crippen LogP contribution in [-0.2, 0) is 6.54 Å². The monoisotopic (exact) mass is 277 g/mol. The van der Waals surface area contributed by atoms with Gasteiger partial charge >= 0.3 is 0 Å². The van der Waals surface area contributed by atoms with E-state index < -0.39 is 0 Å². The Hall–Kier alpha value is -1.13. The maximum absolute atomic E-state index is 5.11. The molecule has 1 saturated heterocycles. The topological polar surface area (TPSA) is 37.4 Å². The molecule has 3 unspecified atom stereocenters. The molecule has 0 aliphatic carbocycles. The van der Waals surface area contributed by atoms with Gasteiger partial charge in [-0.25, -0.2) is 4.98 Å². The standard InChI is InChI=1S/C16H27N3O/c1-5-17-15-8-9-19(13(3)12(15)2)11-14-6-7-16(20-4)18-10-14/h6-7,10,12-13,15,17H,5,8-9,11H2,1-4H3. The first kappa shape index (κ1) is 15.3. The zero-order valence-electron chi connectivity index (χ0n) is 13.1. The fourth-order valence-corrected chi connectivity index (χ4v) is 3.07. The quantitative estimate of drug-likeness (QED) is 0.896. The van der Waals surface area contributed by atoms with Crippen molar-refractivity contribution >= 4 is 0 Å². The van der Waals surface area contributed by atoms with Crippen LogP contribution in [0.2, 0.25) is 0 Å². The van der Waals surface area contributed by atoms with Gasteiger partial charge in [0.15, 0.2) is 0 Å². The van der Waals surface area contributed by atoms with E-state index in [1.165, 1.54) is 12.0 Å². The number of ether oxygens (including phenoxy) is 1. The highest BCUT2D eigenvalue weighted by molar-refractivity contribution is 5.17. The summed E-state index contributed by atoms with van der Waals surface area (Å²) in [5.41, 5.74) is 1.26. The number of nitrogens with one attached hydrogen (secondary N) is 1. The lowest BCUT2D eigenvalue weighted by molar-refractivity contribution is 0.0789. The van der Waals surface area contributed by atoms with Crippen molar-refractivity contribution in [1.82, 2.24) is 15.2 Å².